The monoisotopic (exact) mass is 431 g/mol. The summed E-state index contributed by atoms with van der Waals surface area (Å²) in [5.74, 6) is 1.79. The summed E-state index contributed by atoms with van der Waals surface area (Å²) in [5, 5.41) is 12.8. The molecule has 0 fully saturated rings. The molecule has 0 spiro atoms. The van der Waals surface area contributed by atoms with Crippen LogP contribution in [0.3, 0.4) is 0 Å². The lowest BCUT2D eigenvalue weighted by Crippen LogP contribution is -2.04. The quantitative estimate of drug-likeness (QED) is 0.207. The second-order valence-corrected chi connectivity index (χ2v) is 9.12. The van der Waals surface area contributed by atoms with E-state index in [9.17, 15) is 0 Å². The first-order chi connectivity index (χ1) is 15.5. The predicted molar refractivity (Wildman–Crippen MR) is 128 cm³/mol. The molecule has 0 N–H and O–H groups in total. The molecule has 32 heavy (non-hydrogen) atoms. The van der Waals surface area contributed by atoms with Crippen LogP contribution in [0.1, 0.15) is 87.8 Å². The predicted octanol–water partition coefficient (Wildman–Crippen LogP) is 6.70. The molecule has 0 unspecified atom stereocenters. The average molecular weight is 432 g/mol. The van der Waals surface area contributed by atoms with Gasteiger partial charge < -0.3 is 9.25 Å². The Morgan fingerprint density at radius 2 is 1.53 bits per heavy atom. The van der Waals surface area contributed by atoms with Crippen molar-refractivity contribution in [1.82, 2.24) is 10.2 Å². The topological polar surface area (TPSA) is 60.5 Å². The number of hydrogen-bond acceptors (Lipinski definition) is 5. The van der Waals surface area contributed by atoms with E-state index in [0.717, 1.165) is 42.3 Å². The minimum atomic E-state index is 0.0611. The zero-order valence-electron chi connectivity index (χ0n) is 19.6. The van der Waals surface area contributed by atoms with Crippen LogP contribution in [0.25, 0.3) is 11.1 Å². The van der Waals surface area contributed by atoms with E-state index >= 15 is 0 Å². The largest absolute Gasteiger partial charge is 0.425 e. The molecule has 1 aliphatic rings. The van der Waals surface area contributed by atoms with Gasteiger partial charge in [-0.1, -0.05) is 68.2 Å². The van der Waals surface area contributed by atoms with E-state index in [4.69, 9.17) is 9.25 Å². The number of hydrogen-bond donors (Lipinski definition) is 0. The van der Waals surface area contributed by atoms with Crippen molar-refractivity contribution in [1.29, 1.82) is 0 Å². The first kappa shape index (κ1) is 22.3. The van der Waals surface area contributed by atoms with Crippen LogP contribution in [-0.2, 0) is 17.7 Å². The third-order valence-electron chi connectivity index (χ3n) is 5.75. The molecular weight excluding hydrogens is 398 g/mol. The molecule has 5 nitrogen and oxygen atoms in total. The number of benzene rings is 2. The molecule has 4 rings (SSSR count). The molecule has 168 valence electrons. The second-order valence-electron chi connectivity index (χ2n) is 9.12. The van der Waals surface area contributed by atoms with Gasteiger partial charge in [0.1, 0.15) is 11.8 Å². The molecule has 3 aromatic rings. The molecular formula is C27H33N3O2. The van der Waals surface area contributed by atoms with E-state index in [0.29, 0.717) is 5.92 Å². The smallest absolute Gasteiger partial charge is 0.219 e. The van der Waals surface area contributed by atoms with Crippen molar-refractivity contribution in [2.24, 2.45) is 5.16 Å². The first-order valence-electron chi connectivity index (χ1n) is 11.8. The summed E-state index contributed by atoms with van der Waals surface area (Å²) in [5.41, 5.74) is 7.12. The number of fused-ring (bicyclic) bond motifs is 3. The summed E-state index contributed by atoms with van der Waals surface area (Å²) < 4.78 is 5.69. The van der Waals surface area contributed by atoms with Gasteiger partial charge in [0.25, 0.3) is 0 Å². The van der Waals surface area contributed by atoms with Crippen LogP contribution in [0.15, 0.2) is 52.0 Å². The van der Waals surface area contributed by atoms with E-state index in [2.05, 4.69) is 71.7 Å². The Hall–Kier alpha value is -2.95. The molecule has 0 radical (unpaired) electrons. The van der Waals surface area contributed by atoms with Gasteiger partial charge in [-0.25, -0.2) is 0 Å². The minimum Gasteiger partial charge on any atom is -0.425 e. The molecule has 0 saturated carbocycles. The van der Waals surface area contributed by atoms with Gasteiger partial charge in [0, 0.05) is 23.5 Å². The third-order valence-corrected chi connectivity index (χ3v) is 5.75. The van der Waals surface area contributed by atoms with Crippen LogP contribution in [-0.4, -0.2) is 22.0 Å². The maximum absolute atomic E-state index is 5.69. The number of aromatic nitrogens is 2. The zero-order valence-corrected chi connectivity index (χ0v) is 19.6. The lowest BCUT2D eigenvalue weighted by molar-refractivity contribution is 0.0863. The van der Waals surface area contributed by atoms with Crippen molar-refractivity contribution >= 4 is 5.71 Å². The molecule has 2 aromatic carbocycles. The average Bonchev–Trinajstić information content (AvgIpc) is 3.37. The molecule has 0 bridgehead atoms. The van der Waals surface area contributed by atoms with E-state index < -0.39 is 0 Å². The highest BCUT2D eigenvalue weighted by Crippen LogP contribution is 2.37. The van der Waals surface area contributed by atoms with Gasteiger partial charge in [-0.15, -0.1) is 10.2 Å². The van der Waals surface area contributed by atoms with E-state index in [1.807, 2.05) is 13.8 Å². The van der Waals surface area contributed by atoms with Crippen molar-refractivity contribution < 1.29 is 9.25 Å². The Labute approximate surface area is 190 Å². The number of aryl methyl sites for hydroxylation is 2. The Morgan fingerprint density at radius 3 is 2.25 bits per heavy atom. The summed E-state index contributed by atoms with van der Waals surface area (Å²) in [7, 11) is 0. The maximum atomic E-state index is 5.69. The van der Waals surface area contributed by atoms with E-state index in [1.54, 1.807) is 0 Å². The van der Waals surface area contributed by atoms with Gasteiger partial charge >= 0.3 is 0 Å². The van der Waals surface area contributed by atoms with Crippen LogP contribution in [0.4, 0.5) is 0 Å². The fourth-order valence-corrected chi connectivity index (χ4v) is 4.06. The van der Waals surface area contributed by atoms with Crippen LogP contribution in [0.2, 0.25) is 0 Å². The maximum Gasteiger partial charge on any atom is 0.219 e. The summed E-state index contributed by atoms with van der Waals surface area (Å²) >= 11 is 0. The molecule has 5 heteroatoms. The highest BCUT2D eigenvalue weighted by molar-refractivity contribution is 6.24. The standard InChI is InChI=1S/C27H33N3O2/c1-18(2)27-29-28-25(31-27)14-8-6-5-7-11-20-15-16-22-21-12-9-10-13-23(21)26(24(22)17-20)30-32-19(3)4/h9-10,12-13,15-19H,5-8,11,14H2,1-4H3. The number of nitrogens with zero attached hydrogens (tertiary/aromatic N) is 3. The summed E-state index contributed by atoms with van der Waals surface area (Å²) in [6, 6.07) is 15.2. The van der Waals surface area contributed by atoms with Gasteiger partial charge in [-0.3, -0.25) is 0 Å². The molecule has 1 aliphatic carbocycles. The normalized spacial score (nSPS) is 13.8. The van der Waals surface area contributed by atoms with Crippen LogP contribution in [0, 0.1) is 0 Å². The molecule has 1 heterocycles. The van der Waals surface area contributed by atoms with Gasteiger partial charge in [0.2, 0.25) is 11.8 Å². The van der Waals surface area contributed by atoms with E-state index in [-0.39, 0.29) is 6.10 Å². The fourth-order valence-electron chi connectivity index (χ4n) is 4.06. The van der Waals surface area contributed by atoms with Crippen LogP contribution < -0.4 is 0 Å². The lowest BCUT2D eigenvalue weighted by atomic mass is 9.99. The lowest BCUT2D eigenvalue weighted by Gasteiger charge is -2.07. The third kappa shape index (κ3) is 5.09. The number of unbranched alkanes of at least 4 members (excludes halogenated alkanes) is 3. The van der Waals surface area contributed by atoms with Gasteiger partial charge in [0.15, 0.2) is 0 Å². The number of oxime groups is 1. The van der Waals surface area contributed by atoms with Gasteiger partial charge in [0.05, 0.1) is 0 Å². The van der Waals surface area contributed by atoms with Crippen molar-refractivity contribution in [2.45, 2.75) is 78.2 Å². The summed E-state index contributed by atoms with van der Waals surface area (Å²) in [6.45, 7) is 8.15. The molecule has 1 aromatic heterocycles. The highest BCUT2D eigenvalue weighted by Gasteiger charge is 2.25. The van der Waals surface area contributed by atoms with Gasteiger partial charge in [-0.2, -0.15) is 0 Å². The summed E-state index contributed by atoms with van der Waals surface area (Å²) in [4.78, 5) is 5.63. The van der Waals surface area contributed by atoms with Gasteiger partial charge in [-0.05, 0) is 55.9 Å². The minimum absolute atomic E-state index is 0.0611. The zero-order chi connectivity index (χ0) is 22.5. The fraction of sp³-hybridized carbons (Fsp3) is 0.444. The van der Waals surface area contributed by atoms with Crippen molar-refractivity contribution in [3.05, 3.63) is 70.9 Å². The molecule has 0 amide bonds. The Balaban J connectivity index is 1.32. The second kappa shape index (κ2) is 10.1. The highest BCUT2D eigenvalue weighted by atomic mass is 16.6. The Kier molecular flexibility index (Phi) is 7.03. The number of rotatable bonds is 10. The Bertz CT molecular complexity index is 1080. The van der Waals surface area contributed by atoms with Crippen molar-refractivity contribution in [2.75, 3.05) is 0 Å². The van der Waals surface area contributed by atoms with Crippen molar-refractivity contribution in [3.63, 3.8) is 0 Å². The van der Waals surface area contributed by atoms with Crippen molar-refractivity contribution in [3.8, 4) is 11.1 Å². The molecule has 0 saturated heterocycles. The van der Waals surface area contributed by atoms with E-state index in [1.165, 1.54) is 41.5 Å². The summed E-state index contributed by atoms with van der Waals surface area (Å²) in [6.07, 6.45) is 6.62. The Morgan fingerprint density at radius 1 is 0.812 bits per heavy atom. The van der Waals surface area contributed by atoms with Crippen LogP contribution >= 0.6 is 0 Å². The van der Waals surface area contributed by atoms with Crippen LogP contribution in [0.5, 0.6) is 0 Å². The SMILES string of the molecule is CC(C)ON=C1c2ccccc2-c2ccc(CCCCCCc3nnc(C(C)C)o3)cc21. The first-order valence-corrected chi connectivity index (χ1v) is 11.8. The molecule has 0 aliphatic heterocycles. The molecule has 0 atom stereocenters.